The number of morpholine rings is 1. The Labute approximate surface area is 279 Å². The Morgan fingerprint density at radius 2 is 1.79 bits per heavy atom. The van der Waals surface area contributed by atoms with E-state index in [1.165, 1.54) is 5.56 Å². The lowest BCUT2D eigenvalue weighted by atomic mass is 10.1. The van der Waals surface area contributed by atoms with E-state index in [4.69, 9.17) is 9.72 Å². The van der Waals surface area contributed by atoms with Crippen LogP contribution < -0.4 is 15.6 Å². The minimum Gasteiger partial charge on any atom is -0.506 e. The van der Waals surface area contributed by atoms with Gasteiger partial charge in [-0.25, -0.2) is 9.78 Å². The van der Waals surface area contributed by atoms with Crippen molar-refractivity contribution in [3.63, 3.8) is 0 Å². The van der Waals surface area contributed by atoms with Crippen molar-refractivity contribution in [2.75, 3.05) is 44.7 Å². The third-order valence-electron chi connectivity index (χ3n) is 9.08. The zero-order valence-corrected chi connectivity index (χ0v) is 27.4. The number of H-pyrrole nitrogens is 1. The summed E-state index contributed by atoms with van der Waals surface area (Å²) in [6.45, 7) is 8.92. The number of aryl methyl sites for hydroxylation is 3. The van der Waals surface area contributed by atoms with E-state index >= 15 is 0 Å². The van der Waals surface area contributed by atoms with E-state index < -0.39 is 0 Å². The first kappa shape index (κ1) is 31.6. The quantitative estimate of drug-likeness (QED) is 0.127. The Morgan fingerprint density at radius 1 is 0.938 bits per heavy atom. The summed E-state index contributed by atoms with van der Waals surface area (Å²) in [5.74, 6) is 0.925. The number of hydrogen-bond acceptors (Lipinski definition) is 7. The summed E-state index contributed by atoms with van der Waals surface area (Å²) < 4.78 is 11.5. The van der Waals surface area contributed by atoms with Gasteiger partial charge < -0.3 is 24.7 Å². The number of rotatable bonds is 13. The first-order valence-corrected chi connectivity index (χ1v) is 16.8. The van der Waals surface area contributed by atoms with Crippen molar-refractivity contribution in [1.29, 1.82) is 0 Å². The highest BCUT2D eigenvalue weighted by atomic mass is 16.5. The normalized spacial score (nSPS) is 13.9. The number of hydrogen-bond donors (Lipinski definition) is 3. The van der Waals surface area contributed by atoms with Gasteiger partial charge in [-0.3, -0.25) is 14.5 Å². The molecular weight excluding hydrogens is 604 g/mol. The molecule has 0 bridgehead atoms. The van der Waals surface area contributed by atoms with Crippen molar-refractivity contribution in [2.45, 2.75) is 45.8 Å². The Morgan fingerprint density at radius 3 is 2.65 bits per heavy atom. The van der Waals surface area contributed by atoms with Gasteiger partial charge in [-0.2, -0.15) is 4.57 Å². The van der Waals surface area contributed by atoms with Crippen LogP contribution in [0.1, 0.15) is 35.4 Å². The molecule has 1 aliphatic rings. The Balaban J connectivity index is 1.10. The molecule has 11 nitrogen and oxygen atoms in total. The topological polar surface area (TPSA) is 117 Å². The fourth-order valence-corrected chi connectivity index (χ4v) is 6.53. The smallest absolute Gasteiger partial charge is 0.326 e. The lowest BCUT2D eigenvalue weighted by molar-refractivity contribution is -0.687. The van der Waals surface area contributed by atoms with Crippen molar-refractivity contribution >= 4 is 28.0 Å². The van der Waals surface area contributed by atoms with Crippen LogP contribution in [0, 0.1) is 6.92 Å². The van der Waals surface area contributed by atoms with Gasteiger partial charge in [0.25, 0.3) is 0 Å². The van der Waals surface area contributed by atoms with Crippen LogP contribution in [-0.4, -0.2) is 73.5 Å². The third kappa shape index (κ3) is 7.27. The van der Waals surface area contributed by atoms with Crippen LogP contribution in [0.4, 0.5) is 5.95 Å². The number of nitrogens with zero attached hydrogens (tertiary/aromatic N) is 6. The van der Waals surface area contributed by atoms with Crippen molar-refractivity contribution in [3.05, 3.63) is 112 Å². The van der Waals surface area contributed by atoms with Crippen LogP contribution in [0.2, 0.25) is 0 Å². The summed E-state index contributed by atoms with van der Waals surface area (Å²) in [4.78, 5) is 27.9. The van der Waals surface area contributed by atoms with Crippen molar-refractivity contribution in [2.24, 2.45) is 0 Å². The molecule has 1 aliphatic heterocycles. The highest BCUT2D eigenvalue weighted by Gasteiger charge is 2.17. The number of nitrogens with one attached hydrogen (secondary N) is 2. The predicted molar refractivity (Wildman–Crippen MR) is 186 cm³/mol. The molecule has 0 atom stereocenters. The van der Waals surface area contributed by atoms with Gasteiger partial charge in [-0.15, -0.1) is 0 Å². The number of fused-ring (bicyclic) bond motifs is 2. The summed E-state index contributed by atoms with van der Waals surface area (Å²) in [6.07, 6.45) is 6.83. The summed E-state index contributed by atoms with van der Waals surface area (Å²) in [5.41, 5.74) is 7.31. The maximum absolute atomic E-state index is 12.9. The SMILES string of the molecule is Cc1ccc(O)c(Cn2c(NCCCN3CCOCC3)nc3ccc(C[n+]4ccc5c(c4)[nH]c(=O)n5CCCc4ccccc4)cc32)n1. The Hall–Kier alpha value is -5.00. The predicted octanol–water partition coefficient (Wildman–Crippen LogP) is 4.24. The van der Waals surface area contributed by atoms with E-state index in [2.05, 4.69) is 53.6 Å². The molecule has 48 heavy (non-hydrogen) atoms. The average molecular weight is 648 g/mol. The van der Waals surface area contributed by atoms with E-state index in [0.717, 1.165) is 97.9 Å². The molecule has 5 heterocycles. The zero-order chi connectivity index (χ0) is 32.9. The lowest BCUT2D eigenvalue weighted by Crippen LogP contribution is -2.37. The zero-order valence-electron chi connectivity index (χ0n) is 27.4. The fourth-order valence-electron chi connectivity index (χ4n) is 6.53. The molecule has 0 unspecified atom stereocenters. The molecular formula is C37H43N8O3+. The number of aromatic amines is 1. The summed E-state index contributed by atoms with van der Waals surface area (Å²) in [5, 5.41) is 14.2. The van der Waals surface area contributed by atoms with Gasteiger partial charge in [0.2, 0.25) is 5.95 Å². The number of aromatic hydroxyl groups is 1. The highest BCUT2D eigenvalue weighted by Crippen LogP contribution is 2.25. The van der Waals surface area contributed by atoms with Gasteiger partial charge in [0, 0.05) is 43.5 Å². The number of aromatic nitrogens is 6. The second-order valence-corrected chi connectivity index (χ2v) is 12.6. The van der Waals surface area contributed by atoms with Gasteiger partial charge in [0.1, 0.15) is 17.0 Å². The Bertz CT molecular complexity index is 2060. The molecule has 6 aromatic rings. The van der Waals surface area contributed by atoms with Crippen LogP contribution in [-0.2, 0) is 30.8 Å². The molecule has 0 saturated carbocycles. The number of imidazole rings is 2. The van der Waals surface area contributed by atoms with E-state index in [1.54, 1.807) is 6.07 Å². The molecule has 0 aliphatic carbocycles. The lowest BCUT2D eigenvalue weighted by Gasteiger charge is -2.26. The minimum atomic E-state index is -0.0841. The molecule has 0 radical (unpaired) electrons. The van der Waals surface area contributed by atoms with Crippen molar-refractivity contribution in [1.82, 2.24) is 29.0 Å². The first-order chi connectivity index (χ1) is 23.5. The number of anilines is 1. The molecule has 0 spiro atoms. The van der Waals surface area contributed by atoms with Crippen molar-refractivity contribution in [3.8, 4) is 5.75 Å². The number of benzene rings is 2. The van der Waals surface area contributed by atoms with Gasteiger partial charge in [0.05, 0.1) is 36.3 Å². The summed E-state index contributed by atoms with van der Waals surface area (Å²) in [6, 6.07) is 22.2. The second-order valence-electron chi connectivity index (χ2n) is 12.6. The summed E-state index contributed by atoms with van der Waals surface area (Å²) in [7, 11) is 0. The van der Waals surface area contributed by atoms with Crippen LogP contribution in [0.3, 0.4) is 0 Å². The van der Waals surface area contributed by atoms with Crippen LogP contribution >= 0.6 is 0 Å². The fraction of sp³-hybridized carbons (Fsp3) is 0.351. The molecule has 11 heteroatoms. The maximum atomic E-state index is 12.9. The molecule has 1 fully saturated rings. The largest absolute Gasteiger partial charge is 0.506 e. The van der Waals surface area contributed by atoms with E-state index in [1.807, 2.05) is 60.3 Å². The molecule has 3 N–H and O–H groups in total. The molecule has 248 valence electrons. The van der Waals surface area contributed by atoms with Gasteiger partial charge in [0.15, 0.2) is 18.9 Å². The molecule has 2 aromatic carbocycles. The van der Waals surface area contributed by atoms with Gasteiger partial charge in [-0.05, 0) is 62.6 Å². The monoisotopic (exact) mass is 647 g/mol. The molecule has 0 amide bonds. The van der Waals surface area contributed by atoms with E-state index in [9.17, 15) is 9.90 Å². The van der Waals surface area contributed by atoms with Crippen molar-refractivity contribution < 1.29 is 14.4 Å². The molecule has 1 saturated heterocycles. The van der Waals surface area contributed by atoms with Gasteiger partial charge in [-0.1, -0.05) is 36.4 Å². The number of ether oxygens (including phenoxy) is 1. The third-order valence-corrected chi connectivity index (χ3v) is 9.08. The van der Waals surface area contributed by atoms with Crippen LogP contribution in [0.15, 0.2) is 83.9 Å². The van der Waals surface area contributed by atoms with E-state index in [-0.39, 0.29) is 11.4 Å². The van der Waals surface area contributed by atoms with Crippen LogP contribution in [0.5, 0.6) is 5.75 Å². The maximum Gasteiger partial charge on any atom is 0.326 e. The summed E-state index contributed by atoms with van der Waals surface area (Å²) >= 11 is 0. The molecule has 7 rings (SSSR count). The highest BCUT2D eigenvalue weighted by molar-refractivity contribution is 5.79. The second kappa shape index (κ2) is 14.4. The average Bonchev–Trinajstić information content (AvgIpc) is 3.60. The number of pyridine rings is 2. The Kier molecular flexibility index (Phi) is 9.48. The molecule has 4 aromatic heterocycles. The standard InChI is InChI=1S/C37H42N8O3/c1-27-10-13-35(46)32(39-27)26-45-34-23-29(11-12-30(34)40-36(45)38-15-6-16-42-19-21-48-22-20-42)24-43-18-14-33-31(25-43)41-37(47)44(33)17-5-9-28-7-3-2-4-8-28/h2-4,7-8,10-14,18,23,25H,5-6,9,15-17,19-22,24,26H2,1H3,(H2-,38,40,41,46,47)/p+1. The van der Waals surface area contributed by atoms with Crippen LogP contribution in [0.25, 0.3) is 22.1 Å². The van der Waals surface area contributed by atoms with Gasteiger partial charge >= 0.3 is 5.69 Å². The van der Waals surface area contributed by atoms with E-state index in [0.29, 0.717) is 25.3 Å². The first-order valence-electron chi connectivity index (χ1n) is 16.8. The minimum absolute atomic E-state index is 0.0841.